The molecule has 1 aromatic rings. The monoisotopic (exact) mass is 287 g/mol. The number of aliphatic carboxylic acids is 1. The van der Waals surface area contributed by atoms with Gasteiger partial charge in [0, 0.05) is 12.6 Å². The zero-order chi connectivity index (χ0) is 15.0. The zero-order valence-electron chi connectivity index (χ0n) is 13.0. The van der Waals surface area contributed by atoms with Crippen molar-refractivity contribution < 1.29 is 9.90 Å². The molecule has 1 fully saturated rings. The molecule has 3 nitrogen and oxygen atoms in total. The second kappa shape index (κ2) is 5.80. The Hall–Kier alpha value is -1.35. The Labute approximate surface area is 127 Å². The molecule has 114 valence electrons. The Morgan fingerprint density at radius 2 is 1.86 bits per heavy atom. The van der Waals surface area contributed by atoms with Gasteiger partial charge in [-0.2, -0.15) is 0 Å². The maximum absolute atomic E-state index is 11.7. The van der Waals surface area contributed by atoms with Gasteiger partial charge in [0.05, 0.1) is 0 Å². The molecule has 3 unspecified atom stereocenters. The van der Waals surface area contributed by atoms with E-state index in [1.165, 1.54) is 17.5 Å². The molecule has 1 saturated carbocycles. The number of fused-ring (bicyclic) bond motifs is 1. The lowest BCUT2D eigenvalue weighted by Crippen LogP contribution is -2.52. The minimum absolute atomic E-state index is 0.356. The second-order valence-corrected chi connectivity index (χ2v) is 6.92. The number of carbonyl (C=O) groups is 1. The molecule has 21 heavy (non-hydrogen) atoms. The molecule has 0 radical (unpaired) electrons. The lowest BCUT2D eigenvalue weighted by molar-refractivity contribution is -0.145. The van der Waals surface area contributed by atoms with Gasteiger partial charge in [0.25, 0.3) is 0 Å². The topological polar surface area (TPSA) is 40.5 Å². The van der Waals surface area contributed by atoms with Gasteiger partial charge in [-0.15, -0.1) is 0 Å². The molecule has 0 aromatic heterocycles. The molecule has 1 aliphatic carbocycles. The van der Waals surface area contributed by atoms with Crippen molar-refractivity contribution >= 4 is 5.97 Å². The van der Waals surface area contributed by atoms with Crippen molar-refractivity contribution in [2.24, 2.45) is 11.8 Å². The molecule has 1 N–H and O–H groups in total. The molecule has 0 saturated heterocycles. The molecule has 1 aliphatic heterocycles. The Bertz CT molecular complexity index is 528. The van der Waals surface area contributed by atoms with Crippen LogP contribution in [-0.2, 0) is 17.8 Å². The summed E-state index contributed by atoms with van der Waals surface area (Å²) in [5, 5.41) is 9.64. The third kappa shape index (κ3) is 2.84. The average Bonchev–Trinajstić information content (AvgIpc) is 2.48. The Kier molecular flexibility index (Phi) is 4.03. The fourth-order valence-corrected chi connectivity index (χ4v) is 3.98. The molecule has 2 aliphatic rings. The molecule has 0 spiro atoms. The van der Waals surface area contributed by atoms with Crippen LogP contribution < -0.4 is 0 Å². The lowest BCUT2D eigenvalue weighted by Gasteiger charge is -2.44. The van der Waals surface area contributed by atoms with Crippen LogP contribution >= 0.6 is 0 Å². The van der Waals surface area contributed by atoms with Crippen molar-refractivity contribution in [2.45, 2.75) is 58.2 Å². The Morgan fingerprint density at radius 3 is 2.52 bits per heavy atom. The summed E-state index contributed by atoms with van der Waals surface area (Å²) in [4.78, 5) is 14.0. The first-order valence-corrected chi connectivity index (χ1v) is 8.11. The average molecular weight is 287 g/mol. The highest BCUT2D eigenvalue weighted by Crippen LogP contribution is 2.36. The molecular formula is C18H25NO2. The smallest absolute Gasteiger partial charge is 0.321 e. The van der Waals surface area contributed by atoms with Crippen molar-refractivity contribution in [2.75, 3.05) is 0 Å². The fourth-order valence-electron chi connectivity index (χ4n) is 3.98. The molecule has 0 bridgehead atoms. The highest BCUT2D eigenvalue weighted by Gasteiger charge is 2.38. The van der Waals surface area contributed by atoms with Crippen molar-refractivity contribution in [3.05, 3.63) is 35.4 Å². The first-order valence-electron chi connectivity index (χ1n) is 8.11. The fraction of sp³-hybridized carbons (Fsp3) is 0.611. The maximum atomic E-state index is 11.7. The van der Waals surface area contributed by atoms with E-state index in [0.717, 1.165) is 25.3 Å². The molecule has 1 aromatic carbocycles. The summed E-state index contributed by atoms with van der Waals surface area (Å²) >= 11 is 0. The van der Waals surface area contributed by atoms with Crippen molar-refractivity contribution in [1.82, 2.24) is 4.90 Å². The number of carboxylic acid groups (broad SMARTS) is 1. The predicted octanol–water partition coefficient (Wildman–Crippen LogP) is 3.32. The number of nitrogens with zero attached hydrogens (tertiary/aromatic N) is 1. The van der Waals surface area contributed by atoms with Crippen molar-refractivity contribution in [1.29, 1.82) is 0 Å². The van der Waals surface area contributed by atoms with E-state index in [0.29, 0.717) is 18.4 Å². The summed E-state index contributed by atoms with van der Waals surface area (Å²) in [6, 6.07) is 8.36. The second-order valence-electron chi connectivity index (χ2n) is 6.92. The van der Waals surface area contributed by atoms with E-state index >= 15 is 0 Å². The van der Waals surface area contributed by atoms with E-state index in [-0.39, 0.29) is 6.04 Å². The largest absolute Gasteiger partial charge is 0.480 e. The summed E-state index contributed by atoms with van der Waals surface area (Å²) in [6.45, 7) is 5.42. The van der Waals surface area contributed by atoms with Gasteiger partial charge in [-0.05, 0) is 48.6 Å². The van der Waals surface area contributed by atoms with Crippen LogP contribution in [0.25, 0.3) is 0 Å². The van der Waals surface area contributed by atoms with Crippen molar-refractivity contribution in [3.8, 4) is 0 Å². The first kappa shape index (κ1) is 14.6. The van der Waals surface area contributed by atoms with Crippen LogP contribution in [0.2, 0.25) is 0 Å². The van der Waals surface area contributed by atoms with Crippen LogP contribution in [0.15, 0.2) is 24.3 Å². The number of hydrogen-bond acceptors (Lipinski definition) is 2. The lowest BCUT2D eigenvalue weighted by atomic mass is 9.77. The normalized spacial score (nSPS) is 33.4. The van der Waals surface area contributed by atoms with Gasteiger partial charge in [0.2, 0.25) is 0 Å². The third-order valence-corrected chi connectivity index (χ3v) is 5.61. The van der Waals surface area contributed by atoms with Crippen molar-refractivity contribution in [3.63, 3.8) is 0 Å². The van der Waals surface area contributed by atoms with Gasteiger partial charge in [-0.1, -0.05) is 38.1 Å². The molecule has 4 atom stereocenters. The Balaban J connectivity index is 1.84. The van der Waals surface area contributed by atoms with E-state index in [9.17, 15) is 9.90 Å². The minimum Gasteiger partial charge on any atom is -0.480 e. The van der Waals surface area contributed by atoms with Crippen LogP contribution in [0.5, 0.6) is 0 Å². The van der Waals surface area contributed by atoms with E-state index < -0.39 is 5.97 Å². The highest BCUT2D eigenvalue weighted by atomic mass is 16.4. The molecule has 0 amide bonds. The molecule has 3 heteroatoms. The van der Waals surface area contributed by atoms with Crippen LogP contribution in [-0.4, -0.2) is 28.1 Å². The Morgan fingerprint density at radius 1 is 1.14 bits per heavy atom. The van der Waals surface area contributed by atoms with Crippen LogP contribution in [0, 0.1) is 11.8 Å². The van der Waals surface area contributed by atoms with Gasteiger partial charge < -0.3 is 5.11 Å². The summed E-state index contributed by atoms with van der Waals surface area (Å²) in [5.74, 6) is 0.785. The first-order chi connectivity index (χ1) is 10.1. The standard InChI is InChI=1S/C18H25NO2/c1-12-7-8-16(9-13(12)2)19-11-15-6-4-3-5-14(15)10-17(19)18(20)21/h3-6,12-13,16-17H,7-11H2,1-2H3,(H,20,21)/t12?,13?,16?,17-/m0/s1. The predicted molar refractivity (Wildman–Crippen MR) is 83.1 cm³/mol. The highest BCUT2D eigenvalue weighted by molar-refractivity contribution is 5.74. The van der Waals surface area contributed by atoms with E-state index in [2.05, 4.69) is 36.9 Å². The van der Waals surface area contributed by atoms with Gasteiger partial charge in [0.15, 0.2) is 0 Å². The summed E-state index contributed by atoms with van der Waals surface area (Å²) in [6.07, 6.45) is 4.13. The molecule has 1 heterocycles. The van der Waals surface area contributed by atoms with Crippen LogP contribution in [0.3, 0.4) is 0 Å². The van der Waals surface area contributed by atoms with Gasteiger partial charge >= 0.3 is 5.97 Å². The number of hydrogen-bond donors (Lipinski definition) is 1. The van der Waals surface area contributed by atoms with Crippen LogP contribution in [0.4, 0.5) is 0 Å². The van der Waals surface area contributed by atoms with Gasteiger partial charge in [-0.3, -0.25) is 9.69 Å². The summed E-state index contributed by atoms with van der Waals surface area (Å²) in [5.41, 5.74) is 2.51. The number of carboxylic acids is 1. The molecular weight excluding hydrogens is 262 g/mol. The van der Waals surface area contributed by atoms with Gasteiger partial charge in [0.1, 0.15) is 6.04 Å². The third-order valence-electron chi connectivity index (χ3n) is 5.61. The maximum Gasteiger partial charge on any atom is 0.321 e. The summed E-state index contributed by atoms with van der Waals surface area (Å²) in [7, 11) is 0. The zero-order valence-corrected chi connectivity index (χ0v) is 13.0. The van der Waals surface area contributed by atoms with Gasteiger partial charge in [-0.25, -0.2) is 0 Å². The quantitative estimate of drug-likeness (QED) is 0.907. The van der Waals surface area contributed by atoms with E-state index in [1.807, 2.05) is 6.07 Å². The number of rotatable bonds is 2. The number of benzene rings is 1. The SMILES string of the molecule is CC1CCC(N2Cc3ccccc3C[C@H]2C(=O)O)CC1C. The minimum atomic E-state index is -0.671. The van der Waals surface area contributed by atoms with E-state index in [1.54, 1.807) is 0 Å². The summed E-state index contributed by atoms with van der Waals surface area (Å²) < 4.78 is 0. The molecule has 3 rings (SSSR count). The van der Waals surface area contributed by atoms with E-state index in [4.69, 9.17) is 0 Å². The van der Waals surface area contributed by atoms with Crippen LogP contribution in [0.1, 0.15) is 44.2 Å².